The average molecular weight is 412 g/mol. The first kappa shape index (κ1) is 19.9. The van der Waals surface area contributed by atoms with Crippen molar-refractivity contribution < 1.29 is 9.59 Å². The molecule has 0 radical (unpaired) electrons. The number of carbonyl (C=O) groups excluding carboxylic acids is 2. The van der Waals surface area contributed by atoms with Crippen LogP contribution in [0, 0.1) is 11.3 Å². The summed E-state index contributed by atoms with van der Waals surface area (Å²) in [5, 5.41) is 6.41. The SMILES string of the molecule is Cl.O=C(Nc1ccc(C(=O)N2CCc3ccccc32)cc1)C1CC12CCNCC2. The van der Waals surface area contributed by atoms with Crippen LogP contribution < -0.4 is 15.5 Å². The van der Waals surface area contributed by atoms with Crippen LogP contribution in [0.5, 0.6) is 0 Å². The smallest absolute Gasteiger partial charge is 0.258 e. The van der Waals surface area contributed by atoms with Gasteiger partial charge in [0.25, 0.3) is 5.91 Å². The van der Waals surface area contributed by atoms with Gasteiger partial charge in [0.05, 0.1) is 0 Å². The highest BCUT2D eigenvalue weighted by Gasteiger charge is 2.57. The number of hydrogen-bond acceptors (Lipinski definition) is 3. The van der Waals surface area contributed by atoms with Gasteiger partial charge in [0, 0.05) is 29.4 Å². The van der Waals surface area contributed by atoms with Crippen molar-refractivity contribution in [3.63, 3.8) is 0 Å². The third kappa shape index (κ3) is 3.65. The molecule has 2 fully saturated rings. The Labute approximate surface area is 177 Å². The van der Waals surface area contributed by atoms with Gasteiger partial charge < -0.3 is 15.5 Å². The summed E-state index contributed by atoms with van der Waals surface area (Å²) in [6, 6.07) is 15.4. The zero-order valence-corrected chi connectivity index (χ0v) is 17.1. The summed E-state index contributed by atoms with van der Waals surface area (Å²) in [4.78, 5) is 27.3. The highest BCUT2D eigenvalue weighted by atomic mass is 35.5. The molecule has 152 valence electrons. The molecular formula is C23H26ClN3O2. The Hall–Kier alpha value is -2.37. The summed E-state index contributed by atoms with van der Waals surface area (Å²) in [6.45, 7) is 2.75. The molecule has 2 aromatic rings. The Bertz CT molecular complexity index is 922. The van der Waals surface area contributed by atoms with Gasteiger partial charge in [-0.15, -0.1) is 12.4 Å². The van der Waals surface area contributed by atoms with Crippen LogP contribution in [-0.2, 0) is 11.2 Å². The van der Waals surface area contributed by atoms with Crippen LogP contribution in [0.3, 0.4) is 0 Å². The third-order valence-corrected chi connectivity index (χ3v) is 6.64. The van der Waals surface area contributed by atoms with Crippen molar-refractivity contribution in [3.8, 4) is 0 Å². The maximum atomic E-state index is 12.9. The minimum absolute atomic E-state index is 0. The monoisotopic (exact) mass is 411 g/mol. The van der Waals surface area contributed by atoms with Gasteiger partial charge in [-0.05, 0) is 80.1 Å². The molecule has 1 aliphatic carbocycles. The molecule has 2 amide bonds. The molecule has 0 bridgehead atoms. The molecule has 3 aliphatic rings. The minimum Gasteiger partial charge on any atom is -0.326 e. The van der Waals surface area contributed by atoms with Crippen LogP contribution in [0.4, 0.5) is 11.4 Å². The lowest BCUT2D eigenvalue weighted by atomic mass is 9.92. The second kappa shape index (κ2) is 7.81. The molecule has 29 heavy (non-hydrogen) atoms. The highest BCUT2D eigenvalue weighted by molar-refractivity contribution is 6.07. The fourth-order valence-corrected chi connectivity index (χ4v) is 4.83. The van der Waals surface area contributed by atoms with Crippen molar-refractivity contribution >= 4 is 35.6 Å². The first-order chi connectivity index (χ1) is 13.7. The number of fused-ring (bicyclic) bond motifs is 1. The molecule has 5 nitrogen and oxygen atoms in total. The fraction of sp³-hybridized carbons (Fsp3) is 0.391. The summed E-state index contributed by atoms with van der Waals surface area (Å²) in [5.74, 6) is 0.269. The van der Waals surface area contributed by atoms with Crippen molar-refractivity contribution in [1.29, 1.82) is 0 Å². The van der Waals surface area contributed by atoms with Crippen molar-refractivity contribution in [3.05, 3.63) is 59.7 Å². The van der Waals surface area contributed by atoms with E-state index in [1.165, 1.54) is 5.56 Å². The maximum Gasteiger partial charge on any atom is 0.258 e. The number of para-hydroxylation sites is 1. The zero-order valence-electron chi connectivity index (χ0n) is 16.3. The number of rotatable bonds is 3. The van der Waals surface area contributed by atoms with Gasteiger partial charge in [-0.2, -0.15) is 0 Å². The zero-order chi connectivity index (χ0) is 19.1. The molecule has 1 atom stereocenters. The predicted octanol–water partition coefficient (Wildman–Crippen LogP) is 3.64. The number of halogens is 1. The fourth-order valence-electron chi connectivity index (χ4n) is 4.83. The number of anilines is 2. The van der Waals surface area contributed by atoms with Crippen molar-refractivity contribution in [2.45, 2.75) is 25.7 Å². The van der Waals surface area contributed by atoms with E-state index < -0.39 is 0 Å². The summed E-state index contributed by atoms with van der Waals surface area (Å²) >= 11 is 0. The number of nitrogens with zero attached hydrogens (tertiary/aromatic N) is 1. The molecule has 2 aromatic carbocycles. The summed E-state index contributed by atoms with van der Waals surface area (Å²) in [7, 11) is 0. The molecular weight excluding hydrogens is 386 g/mol. The number of carbonyl (C=O) groups is 2. The Morgan fingerprint density at radius 2 is 1.76 bits per heavy atom. The Morgan fingerprint density at radius 3 is 2.52 bits per heavy atom. The van der Waals surface area contributed by atoms with Crippen LogP contribution >= 0.6 is 12.4 Å². The van der Waals surface area contributed by atoms with Gasteiger partial charge in [0.1, 0.15) is 0 Å². The lowest BCUT2D eigenvalue weighted by Gasteiger charge is -2.23. The number of benzene rings is 2. The van der Waals surface area contributed by atoms with Gasteiger partial charge in [-0.1, -0.05) is 18.2 Å². The molecule has 1 saturated carbocycles. The van der Waals surface area contributed by atoms with Crippen molar-refractivity contribution in [2.75, 3.05) is 29.9 Å². The molecule has 1 spiro atoms. The average Bonchev–Trinajstić information content (AvgIpc) is 3.24. The molecule has 1 unspecified atom stereocenters. The molecule has 2 heterocycles. The van der Waals surface area contributed by atoms with Gasteiger partial charge in [-0.25, -0.2) is 0 Å². The van der Waals surface area contributed by atoms with E-state index in [1.54, 1.807) is 0 Å². The Kier molecular flexibility index (Phi) is 5.36. The van der Waals surface area contributed by atoms with Crippen LogP contribution in [0.15, 0.2) is 48.5 Å². The molecule has 0 aromatic heterocycles. The molecule has 2 aliphatic heterocycles. The van der Waals surface area contributed by atoms with Gasteiger partial charge in [0.2, 0.25) is 5.91 Å². The van der Waals surface area contributed by atoms with E-state index in [-0.39, 0.29) is 35.6 Å². The maximum absolute atomic E-state index is 12.9. The Morgan fingerprint density at radius 1 is 1.03 bits per heavy atom. The number of piperidine rings is 1. The van der Waals surface area contributed by atoms with Crippen LogP contribution in [-0.4, -0.2) is 31.4 Å². The largest absolute Gasteiger partial charge is 0.326 e. The second-order valence-corrected chi connectivity index (χ2v) is 8.27. The number of amides is 2. The molecule has 5 rings (SSSR count). The van der Waals surface area contributed by atoms with Gasteiger partial charge in [0.15, 0.2) is 0 Å². The standard InChI is InChI=1S/C23H25N3O2.ClH/c27-21(19-15-23(19)10-12-24-13-11-23)25-18-7-5-17(6-8-18)22(28)26-14-9-16-3-1-2-4-20(16)26;/h1-8,19,24H,9-15H2,(H,25,27);1H. The number of nitrogens with one attached hydrogen (secondary N) is 2. The molecule has 1 saturated heterocycles. The third-order valence-electron chi connectivity index (χ3n) is 6.64. The van der Waals surface area contributed by atoms with Gasteiger partial charge >= 0.3 is 0 Å². The molecule has 6 heteroatoms. The quantitative estimate of drug-likeness (QED) is 0.810. The van der Waals surface area contributed by atoms with E-state index in [4.69, 9.17) is 0 Å². The van der Waals surface area contributed by atoms with E-state index in [2.05, 4.69) is 16.7 Å². The number of hydrogen-bond donors (Lipinski definition) is 2. The first-order valence-electron chi connectivity index (χ1n) is 10.2. The van der Waals surface area contributed by atoms with E-state index in [1.807, 2.05) is 47.4 Å². The van der Waals surface area contributed by atoms with Crippen LogP contribution in [0.1, 0.15) is 35.2 Å². The van der Waals surface area contributed by atoms with E-state index in [0.29, 0.717) is 5.56 Å². The van der Waals surface area contributed by atoms with Gasteiger partial charge in [-0.3, -0.25) is 9.59 Å². The van der Waals surface area contributed by atoms with E-state index >= 15 is 0 Å². The van der Waals surface area contributed by atoms with Crippen molar-refractivity contribution in [1.82, 2.24) is 5.32 Å². The molecule has 2 N–H and O–H groups in total. The summed E-state index contributed by atoms with van der Waals surface area (Å²) in [5.41, 5.74) is 3.87. The minimum atomic E-state index is 0. The van der Waals surface area contributed by atoms with E-state index in [0.717, 1.165) is 56.7 Å². The summed E-state index contributed by atoms with van der Waals surface area (Å²) in [6.07, 6.45) is 4.09. The summed E-state index contributed by atoms with van der Waals surface area (Å²) < 4.78 is 0. The first-order valence-corrected chi connectivity index (χ1v) is 10.2. The second-order valence-electron chi connectivity index (χ2n) is 8.27. The highest BCUT2D eigenvalue weighted by Crippen LogP contribution is 2.58. The van der Waals surface area contributed by atoms with E-state index in [9.17, 15) is 9.59 Å². The lowest BCUT2D eigenvalue weighted by molar-refractivity contribution is -0.118. The topological polar surface area (TPSA) is 61.4 Å². The lowest BCUT2D eigenvalue weighted by Crippen LogP contribution is -2.31. The Balaban J connectivity index is 0.00000205. The van der Waals surface area contributed by atoms with Crippen LogP contribution in [0.2, 0.25) is 0 Å². The predicted molar refractivity (Wildman–Crippen MR) is 117 cm³/mol. The van der Waals surface area contributed by atoms with Crippen LogP contribution in [0.25, 0.3) is 0 Å². The normalized spacial score (nSPS) is 21.2. The van der Waals surface area contributed by atoms with Crippen molar-refractivity contribution in [2.24, 2.45) is 11.3 Å².